The number of hydrogen-bond acceptors (Lipinski definition) is 3. The monoisotopic (exact) mass is 382 g/mol. The van der Waals surface area contributed by atoms with E-state index in [0.717, 1.165) is 48.7 Å². The van der Waals surface area contributed by atoms with E-state index in [4.69, 9.17) is 16.6 Å². The molecule has 1 atom stereocenters. The second kappa shape index (κ2) is 7.31. The molecule has 4 rings (SSSR count). The Balaban J connectivity index is 1.64. The van der Waals surface area contributed by atoms with Gasteiger partial charge in [0, 0.05) is 36.8 Å². The third kappa shape index (κ3) is 3.56. The van der Waals surface area contributed by atoms with Gasteiger partial charge in [0.25, 0.3) is 0 Å². The lowest BCUT2D eigenvalue weighted by Crippen LogP contribution is -2.41. The number of halogens is 1. The molecule has 0 unspecified atom stereocenters. The third-order valence-corrected chi connectivity index (χ3v) is 5.37. The standard InChI is InChI=1S/C21H23ClN4O/c1-14(2)21(27)25-10-4-5-15(12-25)17-6-3-7-18(24-17)19-11-23-20-9-8-16(22)13-26(19)20/h3,6-9,11,13-15H,4-5,10,12H2,1-2H3/t15-/m1/s1. The van der Waals surface area contributed by atoms with Crippen LogP contribution in [0, 0.1) is 5.92 Å². The van der Waals surface area contributed by atoms with Crippen LogP contribution in [0.2, 0.25) is 5.02 Å². The smallest absolute Gasteiger partial charge is 0.225 e. The van der Waals surface area contributed by atoms with Crippen molar-refractivity contribution >= 4 is 23.2 Å². The quantitative estimate of drug-likeness (QED) is 0.674. The highest BCUT2D eigenvalue weighted by molar-refractivity contribution is 6.30. The number of rotatable bonds is 3. The van der Waals surface area contributed by atoms with Crippen LogP contribution in [-0.4, -0.2) is 38.3 Å². The molecule has 1 amide bonds. The van der Waals surface area contributed by atoms with Crippen molar-refractivity contribution in [2.24, 2.45) is 5.92 Å². The fourth-order valence-corrected chi connectivity index (χ4v) is 3.91. The molecule has 5 nitrogen and oxygen atoms in total. The molecule has 1 saturated heterocycles. The van der Waals surface area contributed by atoms with Crippen LogP contribution < -0.4 is 0 Å². The van der Waals surface area contributed by atoms with Crippen LogP contribution in [0.25, 0.3) is 17.0 Å². The molecule has 0 aliphatic carbocycles. The number of carbonyl (C=O) groups is 1. The molecule has 0 aromatic carbocycles. The summed E-state index contributed by atoms with van der Waals surface area (Å²) in [5.74, 6) is 0.530. The van der Waals surface area contributed by atoms with Crippen LogP contribution >= 0.6 is 11.6 Å². The first-order valence-corrected chi connectivity index (χ1v) is 9.79. The molecule has 3 aromatic heterocycles. The molecule has 0 N–H and O–H groups in total. The molecular formula is C21H23ClN4O. The summed E-state index contributed by atoms with van der Waals surface area (Å²) in [6.45, 7) is 5.51. The number of aromatic nitrogens is 3. The zero-order valence-electron chi connectivity index (χ0n) is 15.6. The third-order valence-electron chi connectivity index (χ3n) is 5.15. The van der Waals surface area contributed by atoms with Crippen LogP contribution in [-0.2, 0) is 4.79 Å². The van der Waals surface area contributed by atoms with E-state index in [0.29, 0.717) is 5.02 Å². The maximum Gasteiger partial charge on any atom is 0.225 e. The van der Waals surface area contributed by atoms with Gasteiger partial charge in [0.2, 0.25) is 5.91 Å². The Hall–Kier alpha value is -2.40. The van der Waals surface area contributed by atoms with Crippen molar-refractivity contribution in [3.05, 3.63) is 53.4 Å². The zero-order valence-corrected chi connectivity index (χ0v) is 16.4. The van der Waals surface area contributed by atoms with E-state index in [9.17, 15) is 4.79 Å². The molecule has 4 heterocycles. The van der Waals surface area contributed by atoms with Crippen molar-refractivity contribution in [1.29, 1.82) is 0 Å². The maximum atomic E-state index is 12.4. The van der Waals surface area contributed by atoms with Gasteiger partial charge in [0.15, 0.2) is 0 Å². The Labute approximate surface area is 164 Å². The summed E-state index contributed by atoms with van der Waals surface area (Å²) in [5.41, 5.74) is 3.66. The van der Waals surface area contributed by atoms with Crippen LogP contribution in [0.3, 0.4) is 0 Å². The first kappa shape index (κ1) is 18.0. The molecule has 0 saturated carbocycles. The second-order valence-corrected chi connectivity index (χ2v) is 7.88. The van der Waals surface area contributed by atoms with E-state index in [-0.39, 0.29) is 17.7 Å². The van der Waals surface area contributed by atoms with Crippen LogP contribution in [0.5, 0.6) is 0 Å². The minimum absolute atomic E-state index is 0.0333. The van der Waals surface area contributed by atoms with E-state index >= 15 is 0 Å². The van der Waals surface area contributed by atoms with Crippen LogP contribution in [0.4, 0.5) is 0 Å². The molecule has 0 bridgehead atoms. The fraction of sp³-hybridized carbons (Fsp3) is 0.381. The first-order chi connectivity index (χ1) is 13.0. The lowest BCUT2D eigenvalue weighted by atomic mass is 9.93. The highest BCUT2D eigenvalue weighted by Gasteiger charge is 2.27. The summed E-state index contributed by atoms with van der Waals surface area (Å²) in [6, 6.07) is 9.82. The number of piperidine rings is 1. The van der Waals surface area contributed by atoms with Crippen molar-refractivity contribution < 1.29 is 4.79 Å². The van der Waals surface area contributed by atoms with Gasteiger partial charge >= 0.3 is 0 Å². The van der Waals surface area contributed by atoms with Gasteiger partial charge in [-0.2, -0.15) is 0 Å². The molecule has 0 spiro atoms. The molecule has 1 aliphatic rings. The molecule has 140 valence electrons. The number of likely N-dealkylation sites (tertiary alicyclic amines) is 1. The van der Waals surface area contributed by atoms with Crippen molar-refractivity contribution in [2.75, 3.05) is 13.1 Å². The van der Waals surface area contributed by atoms with Crippen molar-refractivity contribution in [3.8, 4) is 11.4 Å². The average molecular weight is 383 g/mol. The number of fused-ring (bicyclic) bond motifs is 1. The molecule has 0 radical (unpaired) electrons. The summed E-state index contributed by atoms with van der Waals surface area (Å²) in [4.78, 5) is 23.7. The molecule has 1 aliphatic heterocycles. The molecular weight excluding hydrogens is 360 g/mol. The van der Waals surface area contributed by atoms with E-state index in [2.05, 4.69) is 11.1 Å². The summed E-state index contributed by atoms with van der Waals surface area (Å²) < 4.78 is 1.96. The van der Waals surface area contributed by atoms with Crippen LogP contribution in [0.15, 0.2) is 42.7 Å². The van der Waals surface area contributed by atoms with Gasteiger partial charge in [-0.05, 0) is 37.1 Å². The number of amides is 1. The number of pyridine rings is 2. The van der Waals surface area contributed by atoms with E-state index in [1.165, 1.54) is 0 Å². The normalized spacial score (nSPS) is 17.6. The molecule has 3 aromatic rings. The Morgan fingerprint density at radius 3 is 2.93 bits per heavy atom. The van der Waals surface area contributed by atoms with Crippen molar-refractivity contribution in [1.82, 2.24) is 19.3 Å². The molecule has 1 fully saturated rings. The summed E-state index contributed by atoms with van der Waals surface area (Å²) in [7, 11) is 0. The van der Waals surface area contributed by atoms with Crippen molar-refractivity contribution in [3.63, 3.8) is 0 Å². The first-order valence-electron chi connectivity index (χ1n) is 9.41. The lowest BCUT2D eigenvalue weighted by Gasteiger charge is -2.33. The Kier molecular flexibility index (Phi) is 4.87. The van der Waals surface area contributed by atoms with E-state index in [1.807, 2.05) is 59.8 Å². The zero-order chi connectivity index (χ0) is 19.0. The van der Waals surface area contributed by atoms with Gasteiger partial charge in [-0.1, -0.05) is 31.5 Å². The maximum absolute atomic E-state index is 12.4. The fourth-order valence-electron chi connectivity index (χ4n) is 3.75. The highest BCUT2D eigenvalue weighted by atomic mass is 35.5. The minimum atomic E-state index is 0.0333. The van der Waals surface area contributed by atoms with Gasteiger partial charge in [-0.3, -0.25) is 14.2 Å². The van der Waals surface area contributed by atoms with Gasteiger partial charge in [0.1, 0.15) is 5.65 Å². The average Bonchev–Trinajstić information content (AvgIpc) is 3.10. The Bertz CT molecular complexity index is 981. The predicted octanol–water partition coefficient (Wildman–Crippen LogP) is 4.41. The summed E-state index contributed by atoms with van der Waals surface area (Å²) >= 11 is 6.15. The SMILES string of the molecule is CC(C)C(=O)N1CCC[C@@H](c2cccc(-c3cnc4ccc(Cl)cn34)n2)C1. The van der Waals surface area contributed by atoms with E-state index in [1.54, 1.807) is 0 Å². The van der Waals surface area contributed by atoms with Gasteiger partial charge in [-0.15, -0.1) is 0 Å². The second-order valence-electron chi connectivity index (χ2n) is 7.44. The van der Waals surface area contributed by atoms with Gasteiger partial charge < -0.3 is 4.90 Å². The predicted molar refractivity (Wildman–Crippen MR) is 107 cm³/mol. The lowest BCUT2D eigenvalue weighted by molar-refractivity contribution is -0.135. The van der Waals surface area contributed by atoms with Gasteiger partial charge in [-0.25, -0.2) is 4.98 Å². The van der Waals surface area contributed by atoms with Crippen molar-refractivity contribution in [2.45, 2.75) is 32.6 Å². The molecule has 6 heteroatoms. The minimum Gasteiger partial charge on any atom is -0.342 e. The van der Waals surface area contributed by atoms with Gasteiger partial charge in [0.05, 0.1) is 22.6 Å². The largest absolute Gasteiger partial charge is 0.342 e. The molecule has 27 heavy (non-hydrogen) atoms. The Morgan fingerprint density at radius 1 is 1.26 bits per heavy atom. The topological polar surface area (TPSA) is 50.5 Å². The van der Waals surface area contributed by atoms with E-state index < -0.39 is 0 Å². The van der Waals surface area contributed by atoms with Crippen LogP contribution in [0.1, 0.15) is 38.3 Å². The number of nitrogens with zero attached hydrogens (tertiary/aromatic N) is 4. The summed E-state index contributed by atoms with van der Waals surface area (Å²) in [6.07, 6.45) is 5.75. The Morgan fingerprint density at radius 2 is 2.11 bits per heavy atom. The number of imidazole rings is 1. The number of carbonyl (C=O) groups excluding carboxylic acids is 1. The number of hydrogen-bond donors (Lipinski definition) is 0. The highest BCUT2D eigenvalue weighted by Crippen LogP contribution is 2.29. The summed E-state index contributed by atoms with van der Waals surface area (Å²) in [5, 5.41) is 0.660.